The van der Waals surface area contributed by atoms with Gasteiger partial charge in [0.05, 0.1) is 60.6 Å². The van der Waals surface area contributed by atoms with Crippen LogP contribution in [0.15, 0.2) is 52.3 Å². The summed E-state index contributed by atoms with van der Waals surface area (Å²) >= 11 is 0. The molecule has 0 bridgehead atoms. The van der Waals surface area contributed by atoms with Crippen LogP contribution >= 0.6 is 0 Å². The van der Waals surface area contributed by atoms with Crippen LogP contribution in [0.25, 0.3) is 16.6 Å². The van der Waals surface area contributed by atoms with Crippen molar-refractivity contribution in [2.24, 2.45) is 7.05 Å². The van der Waals surface area contributed by atoms with Crippen molar-refractivity contribution in [3.63, 3.8) is 0 Å². The maximum absolute atomic E-state index is 15.5. The first kappa shape index (κ1) is 34.6. The maximum Gasteiger partial charge on any atom is 0.391 e. The number of aromatic nitrogens is 3. The minimum absolute atomic E-state index is 0.0840. The fourth-order valence-corrected chi connectivity index (χ4v) is 6.65. The maximum atomic E-state index is 15.5. The lowest BCUT2D eigenvalue weighted by Crippen LogP contribution is -2.47. The van der Waals surface area contributed by atoms with Crippen LogP contribution in [-0.2, 0) is 29.4 Å². The second kappa shape index (κ2) is 13.6. The third-order valence-electron chi connectivity index (χ3n) is 9.02. The molecule has 2 atom stereocenters. The van der Waals surface area contributed by atoms with Crippen molar-refractivity contribution in [3.05, 3.63) is 91.6 Å². The minimum atomic E-state index is -4.47. The first-order valence-corrected chi connectivity index (χ1v) is 15.8. The molecule has 2 aliphatic rings. The molecule has 0 unspecified atom stereocenters. The number of anilines is 1. The number of carbonyl (C=O) groups is 2. The molecule has 2 aromatic heterocycles. The van der Waals surface area contributed by atoms with Crippen LogP contribution < -0.4 is 26.2 Å². The summed E-state index contributed by atoms with van der Waals surface area (Å²) < 4.78 is 68.6. The number of pyridine rings is 1. The summed E-state index contributed by atoms with van der Waals surface area (Å²) in [6, 6.07) is 4.29. The molecule has 4 heterocycles. The Morgan fingerprint density at radius 2 is 1.94 bits per heavy atom. The topological polar surface area (TPSA) is 145 Å². The van der Waals surface area contributed by atoms with E-state index in [0.717, 1.165) is 10.6 Å². The number of benzene rings is 2. The Morgan fingerprint density at radius 1 is 1.16 bits per heavy atom. The number of halogens is 4. The van der Waals surface area contributed by atoms with Gasteiger partial charge in [0.2, 0.25) is 0 Å². The number of carbonyl (C=O) groups excluding carboxylic acids is 1. The zero-order chi connectivity index (χ0) is 35.9. The van der Waals surface area contributed by atoms with Gasteiger partial charge in [-0.2, -0.15) is 13.2 Å². The van der Waals surface area contributed by atoms with Gasteiger partial charge in [0.1, 0.15) is 17.6 Å². The van der Waals surface area contributed by atoms with Crippen LogP contribution in [0.4, 0.5) is 23.2 Å². The molecule has 50 heavy (non-hydrogen) atoms. The molecular weight excluding hydrogens is 666 g/mol. The predicted octanol–water partition coefficient (Wildman–Crippen LogP) is 3.44. The van der Waals surface area contributed by atoms with Crippen molar-refractivity contribution < 1.29 is 41.7 Å². The van der Waals surface area contributed by atoms with Crippen molar-refractivity contribution in [1.29, 1.82) is 0 Å². The van der Waals surface area contributed by atoms with E-state index in [1.165, 1.54) is 54.0 Å². The molecule has 2 aromatic carbocycles. The Bertz CT molecular complexity index is 2090. The molecule has 4 aromatic rings. The van der Waals surface area contributed by atoms with Crippen molar-refractivity contribution in [2.45, 2.75) is 50.9 Å². The van der Waals surface area contributed by atoms with Crippen molar-refractivity contribution >= 4 is 28.5 Å². The number of ether oxygens (including phenoxy) is 2. The highest BCUT2D eigenvalue weighted by atomic mass is 19.4. The first-order valence-electron chi connectivity index (χ1n) is 15.8. The van der Waals surface area contributed by atoms with E-state index in [-0.39, 0.29) is 60.9 Å². The molecule has 6 rings (SSSR count). The van der Waals surface area contributed by atoms with Gasteiger partial charge >= 0.3 is 17.8 Å². The number of nitrogens with one attached hydrogen (secondary N) is 1. The molecule has 0 spiro atoms. The molecular formula is C34H33F4N5O7. The number of hydrogen-bond acceptors (Lipinski definition) is 8. The number of carboxylic acids is 1. The second-order valence-corrected chi connectivity index (χ2v) is 12.3. The molecule has 1 fully saturated rings. The number of morpholine rings is 1. The molecule has 2 aliphatic heterocycles. The van der Waals surface area contributed by atoms with Crippen LogP contribution in [0.3, 0.4) is 0 Å². The monoisotopic (exact) mass is 699 g/mol. The Balaban J connectivity index is 1.29. The Morgan fingerprint density at radius 3 is 2.66 bits per heavy atom. The highest BCUT2D eigenvalue weighted by molar-refractivity contribution is 5.98. The van der Waals surface area contributed by atoms with Crippen LogP contribution in [0.2, 0.25) is 0 Å². The number of hydrogen-bond donors (Lipinski definition) is 2. The summed E-state index contributed by atoms with van der Waals surface area (Å²) in [4.78, 5) is 58.0. The van der Waals surface area contributed by atoms with E-state index in [4.69, 9.17) is 9.47 Å². The fourth-order valence-electron chi connectivity index (χ4n) is 6.65. The highest BCUT2D eigenvalue weighted by Gasteiger charge is 2.37. The average molecular weight is 700 g/mol. The van der Waals surface area contributed by atoms with E-state index in [2.05, 4.69) is 10.3 Å². The molecule has 0 saturated carbocycles. The van der Waals surface area contributed by atoms with E-state index in [1.807, 2.05) is 0 Å². The van der Waals surface area contributed by atoms with Gasteiger partial charge in [-0.25, -0.2) is 18.5 Å². The molecule has 2 N–H and O–H groups in total. The van der Waals surface area contributed by atoms with Crippen molar-refractivity contribution in [2.75, 3.05) is 31.3 Å². The number of amides is 1. The van der Waals surface area contributed by atoms with E-state index in [9.17, 15) is 37.5 Å². The van der Waals surface area contributed by atoms with Gasteiger partial charge in [0.15, 0.2) is 0 Å². The first-order chi connectivity index (χ1) is 23.7. The molecule has 0 aliphatic carbocycles. The third-order valence-corrected chi connectivity index (χ3v) is 9.02. The number of rotatable bonds is 8. The lowest BCUT2D eigenvalue weighted by atomic mass is 9.93. The van der Waals surface area contributed by atoms with Gasteiger partial charge in [0.25, 0.3) is 11.5 Å². The van der Waals surface area contributed by atoms with Crippen molar-refractivity contribution in [1.82, 2.24) is 19.4 Å². The molecule has 12 nitrogen and oxygen atoms in total. The number of carboxylic acid groups (broad SMARTS) is 1. The number of fused-ring (bicyclic) bond motifs is 2. The van der Waals surface area contributed by atoms with Crippen LogP contribution in [0, 0.1) is 12.7 Å². The van der Waals surface area contributed by atoms with E-state index in [0.29, 0.717) is 29.5 Å². The van der Waals surface area contributed by atoms with Crippen LogP contribution in [0.1, 0.15) is 39.9 Å². The normalized spacial score (nSPS) is 16.8. The average Bonchev–Trinajstić information content (AvgIpc) is 3.07. The Kier molecular flexibility index (Phi) is 9.39. The SMILES string of the molecule is Cc1cc(N2CCOC[C@H]2CC(F)(F)F)cc(F)c1C(=O)N[C@@H](Cc1ccc(-n2c(=O)c3ccncc3n(C)c2=O)c2c1CCCO2)C(=O)O. The smallest absolute Gasteiger partial charge is 0.391 e. The molecule has 264 valence electrons. The molecule has 0 radical (unpaired) electrons. The third kappa shape index (κ3) is 6.66. The van der Waals surface area contributed by atoms with Gasteiger partial charge < -0.3 is 24.8 Å². The second-order valence-electron chi connectivity index (χ2n) is 12.3. The largest absolute Gasteiger partial charge is 0.491 e. The summed E-state index contributed by atoms with van der Waals surface area (Å²) in [6.45, 7) is 1.72. The predicted molar refractivity (Wildman–Crippen MR) is 173 cm³/mol. The van der Waals surface area contributed by atoms with Crippen LogP contribution in [0.5, 0.6) is 5.75 Å². The zero-order valence-electron chi connectivity index (χ0n) is 27.1. The Hall–Kier alpha value is -5.25. The summed E-state index contributed by atoms with van der Waals surface area (Å²) in [5.41, 5.74) is 0.145. The summed E-state index contributed by atoms with van der Waals surface area (Å²) in [5, 5.41) is 12.7. The minimum Gasteiger partial charge on any atom is -0.491 e. The fraction of sp³-hybridized carbons (Fsp3) is 0.382. The van der Waals surface area contributed by atoms with Crippen molar-refractivity contribution in [3.8, 4) is 11.4 Å². The van der Waals surface area contributed by atoms with Crippen LogP contribution in [-0.4, -0.2) is 75.7 Å². The molecule has 1 amide bonds. The number of aliphatic carboxylic acids is 1. The number of alkyl halides is 3. The van der Waals surface area contributed by atoms with E-state index >= 15 is 4.39 Å². The van der Waals surface area contributed by atoms with Gasteiger partial charge in [-0.1, -0.05) is 6.07 Å². The van der Waals surface area contributed by atoms with E-state index < -0.39 is 59.2 Å². The Labute approximate surface area is 281 Å². The quantitative estimate of drug-likeness (QED) is 0.264. The molecule has 16 heteroatoms. The van der Waals surface area contributed by atoms with Gasteiger partial charge in [0, 0.05) is 31.9 Å². The number of nitrogens with zero attached hydrogens (tertiary/aromatic N) is 4. The standard InChI is InChI=1S/C34H33F4N5O7/c1-18-12-20(42-9-11-49-17-21(42)15-34(36,37)38)14-24(35)28(18)30(44)40-25(32(46)47)13-19-5-6-26(29-22(19)4-3-10-50-29)43-31(45)23-7-8-39-16-27(23)41(2)33(43)48/h5-8,12,14,16,21,25H,3-4,9-11,13,15,17H2,1-2H3,(H,40,44)(H,46,47)/t21-,25+/m1/s1. The number of aryl methyl sites for hydroxylation is 2. The lowest BCUT2D eigenvalue weighted by Gasteiger charge is -2.38. The van der Waals surface area contributed by atoms with E-state index in [1.54, 1.807) is 6.07 Å². The zero-order valence-corrected chi connectivity index (χ0v) is 27.1. The lowest BCUT2D eigenvalue weighted by molar-refractivity contribution is -0.143. The van der Waals surface area contributed by atoms with Gasteiger partial charge in [-0.15, -0.1) is 0 Å². The molecule has 1 saturated heterocycles. The van der Waals surface area contributed by atoms with Gasteiger partial charge in [-0.3, -0.25) is 19.1 Å². The van der Waals surface area contributed by atoms with Gasteiger partial charge in [-0.05, 0) is 60.7 Å². The summed E-state index contributed by atoms with van der Waals surface area (Å²) in [6.07, 6.45) is -2.04. The highest BCUT2D eigenvalue weighted by Crippen LogP contribution is 2.35. The summed E-state index contributed by atoms with van der Waals surface area (Å²) in [5.74, 6) is -3.21. The summed E-state index contributed by atoms with van der Waals surface area (Å²) in [7, 11) is 1.51.